The van der Waals surface area contributed by atoms with Crippen LogP contribution in [0, 0.1) is 18.3 Å². The Labute approximate surface area is 128 Å². The Morgan fingerprint density at radius 1 is 1.41 bits per heavy atom. The number of terminal acetylenes is 1. The number of nitrogens with zero attached hydrogens (tertiary/aromatic N) is 2. The van der Waals surface area contributed by atoms with E-state index in [2.05, 4.69) is 16.3 Å². The summed E-state index contributed by atoms with van der Waals surface area (Å²) in [4.78, 5) is 23.3. The minimum absolute atomic E-state index is 0.000103. The van der Waals surface area contributed by atoms with E-state index in [0.29, 0.717) is 11.3 Å². The SMILES string of the molecule is C#Cc1cccc(-n2cc(NC(=O)C(C)C)c(C(N)=O)n2)c1. The fraction of sp³-hybridized carbons (Fsp3) is 0.188. The highest BCUT2D eigenvalue weighted by molar-refractivity contribution is 6.01. The smallest absolute Gasteiger partial charge is 0.271 e. The molecule has 1 heterocycles. The summed E-state index contributed by atoms with van der Waals surface area (Å²) >= 11 is 0. The second-order valence-corrected chi connectivity index (χ2v) is 5.04. The zero-order valence-electron chi connectivity index (χ0n) is 12.3. The van der Waals surface area contributed by atoms with Gasteiger partial charge in [-0.2, -0.15) is 5.10 Å². The Hall–Kier alpha value is -3.07. The van der Waals surface area contributed by atoms with E-state index in [9.17, 15) is 9.59 Å². The first-order chi connectivity index (χ1) is 10.4. The third-order valence-corrected chi connectivity index (χ3v) is 3.01. The van der Waals surface area contributed by atoms with Gasteiger partial charge < -0.3 is 11.1 Å². The Kier molecular flexibility index (Phi) is 4.28. The van der Waals surface area contributed by atoms with Crippen molar-refractivity contribution in [1.29, 1.82) is 0 Å². The summed E-state index contributed by atoms with van der Waals surface area (Å²) in [5.74, 6) is 1.36. The lowest BCUT2D eigenvalue weighted by Gasteiger charge is -2.05. The van der Waals surface area contributed by atoms with E-state index in [1.165, 1.54) is 10.9 Å². The Balaban J connectivity index is 2.44. The first-order valence-corrected chi connectivity index (χ1v) is 6.69. The van der Waals surface area contributed by atoms with Crippen molar-refractivity contribution in [3.63, 3.8) is 0 Å². The summed E-state index contributed by atoms with van der Waals surface area (Å²) in [6.07, 6.45) is 6.91. The predicted molar refractivity (Wildman–Crippen MR) is 83.5 cm³/mol. The molecule has 6 nitrogen and oxygen atoms in total. The summed E-state index contributed by atoms with van der Waals surface area (Å²) in [6.45, 7) is 3.50. The van der Waals surface area contributed by atoms with Crippen molar-refractivity contribution in [1.82, 2.24) is 9.78 Å². The molecular weight excluding hydrogens is 280 g/mol. The number of amides is 2. The number of benzene rings is 1. The number of hydrogen-bond acceptors (Lipinski definition) is 3. The van der Waals surface area contributed by atoms with Crippen LogP contribution in [0.25, 0.3) is 5.69 Å². The van der Waals surface area contributed by atoms with Gasteiger partial charge in [0.2, 0.25) is 5.91 Å². The summed E-state index contributed by atoms with van der Waals surface area (Å²) in [6, 6.07) is 7.09. The predicted octanol–water partition coefficient (Wildman–Crippen LogP) is 1.55. The normalized spacial score (nSPS) is 10.3. The van der Waals surface area contributed by atoms with Crippen LogP contribution in [0.2, 0.25) is 0 Å². The first-order valence-electron chi connectivity index (χ1n) is 6.69. The maximum Gasteiger partial charge on any atom is 0.271 e. The van der Waals surface area contributed by atoms with Gasteiger partial charge in [0.15, 0.2) is 5.69 Å². The molecule has 0 fully saturated rings. The number of nitrogens with two attached hydrogens (primary N) is 1. The molecule has 22 heavy (non-hydrogen) atoms. The van der Waals surface area contributed by atoms with E-state index in [1.807, 2.05) is 0 Å². The molecule has 2 aromatic rings. The second-order valence-electron chi connectivity index (χ2n) is 5.04. The largest absolute Gasteiger partial charge is 0.364 e. The molecule has 0 radical (unpaired) electrons. The summed E-state index contributed by atoms with van der Waals surface area (Å²) < 4.78 is 1.46. The molecule has 6 heteroatoms. The van der Waals surface area contributed by atoms with Crippen LogP contribution < -0.4 is 11.1 Å². The maximum atomic E-state index is 11.8. The summed E-state index contributed by atoms with van der Waals surface area (Å²) in [7, 11) is 0. The lowest BCUT2D eigenvalue weighted by molar-refractivity contribution is -0.118. The number of primary amides is 1. The second kappa shape index (κ2) is 6.14. The molecule has 0 aliphatic carbocycles. The van der Waals surface area contributed by atoms with E-state index in [1.54, 1.807) is 38.1 Å². The Morgan fingerprint density at radius 2 is 2.14 bits per heavy atom. The number of anilines is 1. The van der Waals surface area contributed by atoms with Crippen LogP contribution in [-0.4, -0.2) is 21.6 Å². The van der Waals surface area contributed by atoms with Crippen molar-refractivity contribution < 1.29 is 9.59 Å². The van der Waals surface area contributed by atoms with Crippen molar-refractivity contribution in [2.45, 2.75) is 13.8 Å². The number of carbonyl (C=O) groups is 2. The average molecular weight is 296 g/mol. The molecule has 0 saturated carbocycles. The fourth-order valence-electron chi connectivity index (χ4n) is 1.79. The molecule has 3 N–H and O–H groups in total. The molecule has 1 aromatic carbocycles. The van der Waals surface area contributed by atoms with Crippen LogP contribution in [0.5, 0.6) is 0 Å². The van der Waals surface area contributed by atoms with E-state index in [0.717, 1.165) is 0 Å². The molecule has 112 valence electrons. The Morgan fingerprint density at radius 3 is 2.73 bits per heavy atom. The van der Waals surface area contributed by atoms with Gasteiger partial charge in [0.25, 0.3) is 5.91 Å². The number of carbonyl (C=O) groups excluding carboxylic acids is 2. The number of aromatic nitrogens is 2. The molecular formula is C16H16N4O2. The third kappa shape index (κ3) is 3.15. The van der Waals surface area contributed by atoms with Crippen molar-refractivity contribution in [2.24, 2.45) is 11.7 Å². The van der Waals surface area contributed by atoms with Crippen molar-refractivity contribution >= 4 is 17.5 Å². The molecule has 2 amide bonds. The fourth-order valence-corrected chi connectivity index (χ4v) is 1.79. The third-order valence-electron chi connectivity index (χ3n) is 3.01. The van der Waals surface area contributed by atoms with Crippen molar-refractivity contribution in [2.75, 3.05) is 5.32 Å². The van der Waals surface area contributed by atoms with E-state index >= 15 is 0 Å². The van der Waals surface area contributed by atoms with E-state index in [-0.39, 0.29) is 23.2 Å². The van der Waals surface area contributed by atoms with Crippen molar-refractivity contribution in [3.05, 3.63) is 41.7 Å². The van der Waals surface area contributed by atoms with Crippen molar-refractivity contribution in [3.8, 4) is 18.0 Å². The molecule has 0 unspecified atom stereocenters. The van der Waals surface area contributed by atoms with E-state index in [4.69, 9.17) is 12.2 Å². The van der Waals surface area contributed by atoms with Gasteiger partial charge in [0, 0.05) is 11.5 Å². The quantitative estimate of drug-likeness (QED) is 0.839. The maximum absolute atomic E-state index is 11.8. The zero-order valence-corrected chi connectivity index (χ0v) is 12.3. The average Bonchev–Trinajstić information content (AvgIpc) is 2.91. The van der Waals surface area contributed by atoms with Crippen LogP contribution in [-0.2, 0) is 4.79 Å². The molecule has 0 aliphatic rings. The Bertz CT molecular complexity index is 769. The van der Waals surface area contributed by atoms with Crippen LogP contribution in [0.4, 0.5) is 5.69 Å². The molecule has 0 bridgehead atoms. The van der Waals surface area contributed by atoms with E-state index < -0.39 is 5.91 Å². The lowest BCUT2D eigenvalue weighted by atomic mass is 10.2. The summed E-state index contributed by atoms with van der Waals surface area (Å²) in [5.41, 5.74) is 6.94. The van der Waals surface area contributed by atoms with Crippen LogP contribution in [0.1, 0.15) is 29.9 Å². The van der Waals surface area contributed by atoms with Gasteiger partial charge in [-0.25, -0.2) is 4.68 Å². The minimum Gasteiger partial charge on any atom is -0.364 e. The molecule has 0 atom stereocenters. The summed E-state index contributed by atoms with van der Waals surface area (Å²) in [5, 5.41) is 6.77. The molecule has 2 rings (SSSR count). The topological polar surface area (TPSA) is 90.0 Å². The number of hydrogen-bond donors (Lipinski definition) is 2. The number of nitrogens with one attached hydrogen (secondary N) is 1. The van der Waals surface area contributed by atoms with Gasteiger partial charge in [-0.1, -0.05) is 25.8 Å². The van der Waals surface area contributed by atoms with Crippen LogP contribution in [0.3, 0.4) is 0 Å². The van der Waals surface area contributed by atoms with Crippen LogP contribution in [0.15, 0.2) is 30.5 Å². The van der Waals surface area contributed by atoms with Gasteiger partial charge in [-0.15, -0.1) is 6.42 Å². The zero-order chi connectivity index (χ0) is 16.3. The number of rotatable bonds is 4. The molecule has 0 spiro atoms. The van der Waals surface area contributed by atoms with Gasteiger partial charge in [-0.05, 0) is 18.2 Å². The monoisotopic (exact) mass is 296 g/mol. The molecule has 0 aliphatic heterocycles. The lowest BCUT2D eigenvalue weighted by Crippen LogP contribution is -2.21. The highest BCUT2D eigenvalue weighted by Crippen LogP contribution is 2.18. The minimum atomic E-state index is -0.717. The van der Waals surface area contributed by atoms with Gasteiger partial charge in [0.05, 0.1) is 17.6 Å². The van der Waals surface area contributed by atoms with Gasteiger partial charge in [0.1, 0.15) is 0 Å². The highest BCUT2D eigenvalue weighted by Gasteiger charge is 2.18. The first kappa shape index (κ1) is 15.3. The van der Waals surface area contributed by atoms with Gasteiger partial charge in [-0.3, -0.25) is 9.59 Å². The molecule has 0 saturated heterocycles. The molecule has 1 aromatic heterocycles. The van der Waals surface area contributed by atoms with Gasteiger partial charge >= 0.3 is 0 Å². The van der Waals surface area contributed by atoms with Crippen LogP contribution >= 0.6 is 0 Å². The standard InChI is InChI=1S/C16H16N4O2/c1-4-11-6-5-7-12(8-11)20-9-13(14(19-20)15(17)21)18-16(22)10(2)3/h1,5-10H,2-3H3,(H2,17,21)(H,18,22). The highest BCUT2D eigenvalue weighted by atomic mass is 16.2.